The number of phenols is 1. The fourth-order valence-electron chi connectivity index (χ4n) is 8.09. The molecule has 24 nitrogen and oxygen atoms in total. The Morgan fingerprint density at radius 1 is 0.469 bits per heavy atom. The summed E-state index contributed by atoms with van der Waals surface area (Å²) in [6.45, 7) is 8.48. The van der Waals surface area contributed by atoms with Gasteiger partial charge in [-0.3, -0.25) is 18.2 Å². The number of nitrogens with zero attached hydrogens (tertiary/aromatic N) is 8. The Hall–Kier alpha value is -8.48. The molecule has 420 valence electrons. The normalized spacial score (nSPS) is 12.7. The Labute approximate surface area is 464 Å². The van der Waals surface area contributed by atoms with Gasteiger partial charge in [0, 0.05) is 28.2 Å². The summed E-state index contributed by atoms with van der Waals surface area (Å²) in [5.41, 5.74) is 5.87. The highest BCUT2D eigenvalue weighted by Crippen LogP contribution is 2.44. The van der Waals surface area contributed by atoms with E-state index in [1.165, 1.54) is 30.3 Å². The molecule has 81 heavy (non-hydrogen) atoms. The van der Waals surface area contributed by atoms with Crippen LogP contribution in [0.1, 0.15) is 34.2 Å². The summed E-state index contributed by atoms with van der Waals surface area (Å²) >= 11 is 0. The topological polar surface area (TPSA) is 367 Å². The number of methoxy groups -OCH3 is 1. The zero-order chi connectivity index (χ0) is 58.8. The molecule has 0 fully saturated rings. The van der Waals surface area contributed by atoms with Gasteiger partial charge in [0.15, 0.2) is 5.75 Å². The zero-order valence-corrected chi connectivity index (χ0v) is 46.9. The summed E-state index contributed by atoms with van der Waals surface area (Å²) in [6, 6.07) is 28.7. The number of aromatic hydroxyl groups is 1. The molecular weight excluding hydrogens is 1130 g/mol. The Morgan fingerprint density at radius 2 is 0.975 bits per heavy atom. The molecule has 0 bridgehead atoms. The number of fused-ring (bicyclic) bond motifs is 2. The molecule has 0 aliphatic carbocycles. The van der Waals surface area contributed by atoms with Gasteiger partial charge in [0.2, 0.25) is 0 Å². The molecule has 0 aliphatic rings. The number of phenolic OH excluding ortho intramolecular Hbond substituents is 1. The maximum atomic E-state index is 12.7. The fourth-order valence-corrected chi connectivity index (χ4v) is 10.6. The summed E-state index contributed by atoms with van der Waals surface area (Å²) in [5, 5.41) is 49.9. The fraction of sp³-hybridized carbons (Fsp3) is 0.170. The van der Waals surface area contributed by atoms with Gasteiger partial charge < -0.3 is 19.9 Å². The largest absolute Gasteiger partial charge is 0.505 e. The van der Waals surface area contributed by atoms with E-state index in [0.717, 1.165) is 6.07 Å². The highest BCUT2D eigenvalue weighted by Gasteiger charge is 2.24. The number of hydrogen-bond donors (Lipinski definition) is 6. The van der Waals surface area contributed by atoms with Crippen LogP contribution >= 0.6 is 0 Å². The molecule has 8 aromatic rings. The molecular formula is C53H49N9O15S4. The molecule has 0 amide bonds. The van der Waals surface area contributed by atoms with Crippen molar-refractivity contribution in [2.24, 2.45) is 40.9 Å². The van der Waals surface area contributed by atoms with Gasteiger partial charge in [-0.15, -0.1) is 10.2 Å². The van der Waals surface area contributed by atoms with E-state index >= 15 is 0 Å². The summed E-state index contributed by atoms with van der Waals surface area (Å²) < 4.78 is 146. The van der Waals surface area contributed by atoms with Crippen molar-refractivity contribution < 1.29 is 66.5 Å². The van der Waals surface area contributed by atoms with Crippen LogP contribution in [0.2, 0.25) is 0 Å². The molecule has 0 radical (unpaired) electrons. The quantitative estimate of drug-likeness (QED) is 0.0249. The van der Waals surface area contributed by atoms with Crippen molar-refractivity contribution in [1.29, 1.82) is 0 Å². The molecule has 0 atom stereocenters. The maximum absolute atomic E-state index is 12.7. The first-order valence-corrected chi connectivity index (χ1v) is 29.8. The summed E-state index contributed by atoms with van der Waals surface area (Å²) in [5.74, 6) is -0.307. The molecule has 0 saturated heterocycles. The number of rotatable bonds is 19. The number of azo groups is 4. The number of anilines is 2. The molecule has 28 heteroatoms. The van der Waals surface area contributed by atoms with Gasteiger partial charge in [-0.1, -0.05) is 6.07 Å². The third-order valence-electron chi connectivity index (χ3n) is 12.3. The van der Waals surface area contributed by atoms with Crippen molar-refractivity contribution in [1.82, 2.24) is 0 Å². The number of benzene rings is 8. The first kappa shape index (κ1) is 58.7. The first-order chi connectivity index (χ1) is 38.0. The zero-order valence-electron chi connectivity index (χ0n) is 43.6. The summed E-state index contributed by atoms with van der Waals surface area (Å²) in [4.78, 5) is -2.16. The van der Waals surface area contributed by atoms with Crippen molar-refractivity contribution >= 4 is 119 Å². The average Bonchev–Trinajstić information content (AvgIpc) is 3.54. The lowest BCUT2D eigenvalue weighted by Gasteiger charge is -2.12. The lowest BCUT2D eigenvalue weighted by Crippen LogP contribution is -2.08. The minimum atomic E-state index is -4.94. The van der Waals surface area contributed by atoms with E-state index < -0.39 is 72.3 Å². The third kappa shape index (κ3) is 14.3. The Balaban J connectivity index is 1.04. The molecule has 0 spiro atoms. The molecule has 6 N–H and O–H groups in total. The van der Waals surface area contributed by atoms with E-state index in [2.05, 4.69) is 46.2 Å². The Morgan fingerprint density at radius 3 is 1.51 bits per heavy atom. The molecule has 0 unspecified atom stereocenters. The van der Waals surface area contributed by atoms with Crippen molar-refractivity contribution in [2.45, 2.75) is 55.7 Å². The van der Waals surface area contributed by atoms with Crippen molar-refractivity contribution in [3.05, 3.63) is 143 Å². The molecule has 0 saturated carbocycles. The smallest absolute Gasteiger partial charge is 0.296 e. The number of aryl methyl sites for hydroxylation is 5. The Kier molecular flexibility index (Phi) is 16.9. The van der Waals surface area contributed by atoms with E-state index in [1.807, 2.05) is 0 Å². The van der Waals surface area contributed by atoms with Gasteiger partial charge >= 0.3 is 0 Å². The molecule has 0 aromatic heterocycles. The monoisotopic (exact) mass is 1180 g/mol. The number of nitrogens with one attached hydrogen (secondary N) is 1. The Bertz CT molecular complexity index is 4440. The van der Waals surface area contributed by atoms with Crippen LogP contribution in [-0.4, -0.2) is 76.5 Å². The van der Waals surface area contributed by atoms with Gasteiger partial charge in [0.25, 0.3) is 40.5 Å². The second-order valence-electron chi connectivity index (χ2n) is 18.4. The average molecular weight is 1180 g/mol. The second kappa shape index (κ2) is 23.3. The minimum absolute atomic E-state index is 0.0691. The van der Waals surface area contributed by atoms with Crippen LogP contribution in [0.25, 0.3) is 21.5 Å². The van der Waals surface area contributed by atoms with Crippen LogP contribution in [0.4, 0.5) is 56.9 Å². The SMILES string of the molecule is COc1ccc(Nc2ccc3c(O)c(N=Nc4cc(C)c(N=Nc5cc(C)c(N=Nc6cc(C)c(N=Nc7ccc8cc(S(=O)(=O)O)cc(S(=O)(=O)O)c8c7)cc6C)cc5OCCCS(=O)(=O)O)cc4C)c(S(=O)(=O)O)cc3c2)cc1. The van der Waals surface area contributed by atoms with Gasteiger partial charge in [-0.05, 0) is 183 Å². The minimum Gasteiger partial charge on any atom is -0.505 e. The lowest BCUT2D eigenvalue weighted by molar-refractivity contribution is 0.317. The highest BCUT2D eigenvalue weighted by molar-refractivity contribution is 7.87. The van der Waals surface area contributed by atoms with Gasteiger partial charge in [0.1, 0.15) is 32.7 Å². The van der Waals surface area contributed by atoms with E-state index in [-0.39, 0.29) is 57.4 Å². The summed E-state index contributed by atoms with van der Waals surface area (Å²) in [7, 11) is -17.4. The van der Waals surface area contributed by atoms with Crippen LogP contribution in [0.3, 0.4) is 0 Å². The van der Waals surface area contributed by atoms with Gasteiger partial charge in [0.05, 0.1) is 58.5 Å². The first-order valence-electron chi connectivity index (χ1n) is 23.9. The van der Waals surface area contributed by atoms with Crippen LogP contribution in [-0.2, 0) is 40.5 Å². The third-order valence-corrected chi connectivity index (χ3v) is 15.7. The van der Waals surface area contributed by atoms with Crippen LogP contribution in [0, 0.1) is 34.6 Å². The molecule has 8 rings (SSSR count). The second-order valence-corrected chi connectivity index (χ2v) is 24.1. The van der Waals surface area contributed by atoms with E-state index in [4.69, 9.17) is 9.47 Å². The van der Waals surface area contributed by atoms with Crippen molar-refractivity contribution in [2.75, 3.05) is 24.8 Å². The van der Waals surface area contributed by atoms with E-state index in [9.17, 15) is 57.0 Å². The van der Waals surface area contributed by atoms with E-state index in [0.29, 0.717) is 73.8 Å². The number of hydrogen-bond acceptors (Lipinski definition) is 20. The van der Waals surface area contributed by atoms with Crippen molar-refractivity contribution in [3.8, 4) is 17.2 Å². The molecule has 0 heterocycles. The van der Waals surface area contributed by atoms with Gasteiger partial charge in [-0.25, -0.2) is 0 Å². The van der Waals surface area contributed by atoms with Crippen LogP contribution in [0.5, 0.6) is 17.2 Å². The maximum Gasteiger partial charge on any atom is 0.296 e. The lowest BCUT2D eigenvalue weighted by atomic mass is 10.1. The number of ether oxygens (including phenoxy) is 2. The van der Waals surface area contributed by atoms with Crippen LogP contribution < -0.4 is 14.8 Å². The standard InChI is InChI=1S/C53H49N9O15S4/c1-29-19-44(30(2)18-43(29)56-55-38-9-8-34-24-40(79(67,68)69)27-50(42(34)26-38)80(70,71)72)57-59-47-28-49(77-16-7-17-78(64,65)66)48(22-33(47)5)61-58-45-20-32(4)46(21-31(45)3)60-62-52-51(81(73,74)75)25-35-23-37(12-15-41(35)53(52)63)54-36-10-13-39(76-6)14-11-36/h8-15,18-28,54,63H,7,16-17H2,1-6H3,(H,64,65,66)(H,67,68,69)(H,70,71,72)(H,73,74,75). The summed E-state index contributed by atoms with van der Waals surface area (Å²) in [6.07, 6.45) is -0.0759. The van der Waals surface area contributed by atoms with Crippen molar-refractivity contribution in [3.63, 3.8) is 0 Å². The predicted molar refractivity (Wildman–Crippen MR) is 302 cm³/mol. The highest BCUT2D eigenvalue weighted by atomic mass is 32.2. The van der Waals surface area contributed by atoms with E-state index in [1.54, 1.807) is 115 Å². The van der Waals surface area contributed by atoms with Gasteiger partial charge in [-0.2, -0.15) is 64.4 Å². The predicted octanol–water partition coefficient (Wildman–Crippen LogP) is 14.1. The molecule has 0 aliphatic heterocycles. The van der Waals surface area contributed by atoms with Crippen LogP contribution in [0.15, 0.2) is 171 Å². The molecule has 8 aromatic carbocycles.